The summed E-state index contributed by atoms with van der Waals surface area (Å²) in [6.07, 6.45) is 4.46. The minimum atomic E-state index is -0.137. The zero-order chi connectivity index (χ0) is 13.7. The molecule has 102 valence electrons. The van der Waals surface area contributed by atoms with E-state index >= 15 is 0 Å². The molecular formula is C11H13BrN4OS2. The molecule has 8 heteroatoms. The first-order chi connectivity index (χ1) is 9.18. The molecule has 0 aliphatic rings. The summed E-state index contributed by atoms with van der Waals surface area (Å²) in [4.78, 5) is 15.8. The largest absolute Gasteiger partial charge is 0.383 e. The molecule has 0 radical (unpaired) electrons. The molecule has 1 N–H and O–H groups in total. The summed E-state index contributed by atoms with van der Waals surface area (Å²) in [5.41, 5.74) is 0.601. The molecular weight excluding hydrogens is 348 g/mol. The summed E-state index contributed by atoms with van der Waals surface area (Å²) in [6, 6.07) is 0. The van der Waals surface area contributed by atoms with Gasteiger partial charge in [-0.25, -0.2) is 9.67 Å². The van der Waals surface area contributed by atoms with E-state index in [1.54, 1.807) is 36.3 Å². The predicted octanol–water partition coefficient (Wildman–Crippen LogP) is 2.59. The molecule has 0 aliphatic carbocycles. The molecule has 5 nitrogen and oxygen atoms in total. The van der Waals surface area contributed by atoms with Crippen LogP contribution in [0, 0.1) is 0 Å². The fraction of sp³-hybridized carbons (Fsp3) is 0.364. The number of nitrogens with one attached hydrogen (secondary N) is 1. The first-order valence-corrected chi connectivity index (χ1v) is 8.32. The monoisotopic (exact) mass is 360 g/mol. The molecule has 2 rings (SSSR count). The van der Waals surface area contributed by atoms with Gasteiger partial charge in [-0.05, 0) is 22.4 Å². The van der Waals surface area contributed by atoms with Crippen molar-refractivity contribution in [2.24, 2.45) is 7.05 Å². The molecule has 0 amide bonds. The Hall–Kier alpha value is -0.860. The number of aromatic nitrogens is 3. The Morgan fingerprint density at radius 1 is 1.58 bits per heavy atom. The van der Waals surface area contributed by atoms with Crippen LogP contribution >= 0.6 is 39.0 Å². The predicted molar refractivity (Wildman–Crippen MR) is 83.1 cm³/mol. The van der Waals surface area contributed by atoms with Gasteiger partial charge in [0, 0.05) is 30.9 Å². The molecule has 2 aromatic rings. The number of halogens is 1. The maximum absolute atomic E-state index is 11.6. The van der Waals surface area contributed by atoms with Gasteiger partial charge in [-0.2, -0.15) is 5.10 Å². The van der Waals surface area contributed by atoms with Crippen molar-refractivity contribution in [2.75, 3.05) is 17.6 Å². The number of thiazole rings is 1. The number of nitrogens with zero attached hydrogens (tertiary/aromatic N) is 3. The Kier molecular flexibility index (Phi) is 5.41. The van der Waals surface area contributed by atoms with Crippen LogP contribution in [0.2, 0.25) is 0 Å². The number of hydrogen-bond donors (Lipinski definition) is 1. The van der Waals surface area contributed by atoms with Crippen molar-refractivity contribution in [3.05, 3.63) is 32.6 Å². The van der Waals surface area contributed by atoms with Crippen LogP contribution in [0.3, 0.4) is 0 Å². The molecule has 0 unspecified atom stereocenters. The highest BCUT2D eigenvalue weighted by Crippen LogP contribution is 2.21. The zero-order valence-corrected chi connectivity index (χ0v) is 13.5. The van der Waals surface area contributed by atoms with Crippen LogP contribution in [0.5, 0.6) is 0 Å². The highest BCUT2D eigenvalue weighted by Gasteiger charge is 2.05. The third-order valence-electron chi connectivity index (χ3n) is 2.35. The average molecular weight is 361 g/mol. The highest BCUT2D eigenvalue weighted by atomic mass is 79.9. The molecule has 19 heavy (non-hydrogen) atoms. The molecule has 0 bridgehead atoms. The van der Waals surface area contributed by atoms with Crippen molar-refractivity contribution in [3.8, 4) is 0 Å². The lowest BCUT2D eigenvalue weighted by molar-refractivity contribution is 0.703. The van der Waals surface area contributed by atoms with Gasteiger partial charge in [0.2, 0.25) is 0 Å². The van der Waals surface area contributed by atoms with E-state index in [4.69, 9.17) is 0 Å². The third kappa shape index (κ3) is 4.05. The van der Waals surface area contributed by atoms with Gasteiger partial charge in [-0.15, -0.1) is 11.3 Å². The van der Waals surface area contributed by atoms with Crippen molar-refractivity contribution >= 4 is 44.7 Å². The van der Waals surface area contributed by atoms with E-state index < -0.39 is 0 Å². The standard InChI is InChI=1S/C11H13BrN4OS2/c1-16-10(17)9(12)8(7-15-16)13-3-2-5-18-11-14-4-6-19-11/h4,6-7,13H,2-3,5H2,1H3. The molecule has 0 atom stereocenters. The smallest absolute Gasteiger partial charge is 0.282 e. The average Bonchev–Trinajstić information content (AvgIpc) is 2.91. The van der Waals surface area contributed by atoms with Gasteiger partial charge in [-0.3, -0.25) is 4.79 Å². The second-order valence-electron chi connectivity index (χ2n) is 3.73. The second kappa shape index (κ2) is 7.06. The molecule has 0 aliphatic heterocycles. The lowest BCUT2D eigenvalue weighted by Gasteiger charge is -2.08. The van der Waals surface area contributed by atoms with E-state index in [1.807, 2.05) is 11.6 Å². The van der Waals surface area contributed by atoms with Crippen molar-refractivity contribution in [2.45, 2.75) is 10.8 Å². The topological polar surface area (TPSA) is 59.8 Å². The Morgan fingerprint density at radius 2 is 2.42 bits per heavy atom. The normalized spacial score (nSPS) is 10.6. The minimum absolute atomic E-state index is 0.137. The van der Waals surface area contributed by atoms with Crippen molar-refractivity contribution in [1.82, 2.24) is 14.8 Å². The molecule has 0 saturated carbocycles. The Labute approximate surface area is 127 Å². The Bertz CT molecular complexity index is 585. The number of thioether (sulfide) groups is 1. The van der Waals surface area contributed by atoms with Crippen LogP contribution in [0.4, 0.5) is 5.69 Å². The zero-order valence-electron chi connectivity index (χ0n) is 10.3. The molecule has 0 spiro atoms. The Balaban J connectivity index is 1.77. The summed E-state index contributed by atoms with van der Waals surface area (Å²) in [5, 5.41) is 9.16. The summed E-state index contributed by atoms with van der Waals surface area (Å²) >= 11 is 6.68. The van der Waals surface area contributed by atoms with Gasteiger partial charge in [0.05, 0.1) is 11.9 Å². The van der Waals surface area contributed by atoms with E-state index in [0.29, 0.717) is 4.47 Å². The van der Waals surface area contributed by atoms with Crippen LogP contribution in [-0.2, 0) is 7.05 Å². The summed E-state index contributed by atoms with van der Waals surface area (Å²) in [6.45, 7) is 0.797. The van der Waals surface area contributed by atoms with E-state index in [2.05, 4.69) is 31.3 Å². The second-order valence-corrected chi connectivity index (χ2v) is 6.76. The minimum Gasteiger partial charge on any atom is -0.383 e. The maximum atomic E-state index is 11.6. The first kappa shape index (κ1) is 14.5. The van der Waals surface area contributed by atoms with Crippen LogP contribution in [0.15, 0.2) is 31.4 Å². The van der Waals surface area contributed by atoms with Crippen LogP contribution < -0.4 is 10.9 Å². The van der Waals surface area contributed by atoms with Crippen LogP contribution in [0.25, 0.3) is 0 Å². The number of aryl methyl sites for hydroxylation is 1. The van der Waals surface area contributed by atoms with Crippen LogP contribution in [0.1, 0.15) is 6.42 Å². The van der Waals surface area contributed by atoms with Gasteiger partial charge < -0.3 is 5.32 Å². The number of anilines is 1. The Morgan fingerprint density at radius 3 is 3.16 bits per heavy atom. The van der Waals surface area contributed by atoms with Crippen molar-refractivity contribution < 1.29 is 0 Å². The molecule has 0 fully saturated rings. The van der Waals surface area contributed by atoms with E-state index in [-0.39, 0.29) is 5.56 Å². The summed E-state index contributed by atoms with van der Waals surface area (Å²) < 4.78 is 2.92. The number of rotatable bonds is 6. The molecule has 2 heterocycles. The third-order valence-corrected chi connectivity index (χ3v) is 5.17. The maximum Gasteiger partial charge on any atom is 0.282 e. The van der Waals surface area contributed by atoms with Gasteiger partial charge in [0.1, 0.15) is 8.81 Å². The molecule has 0 saturated heterocycles. The fourth-order valence-corrected chi connectivity index (χ4v) is 3.52. The van der Waals surface area contributed by atoms with E-state index in [1.165, 1.54) is 4.68 Å². The fourth-order valence-electron chi connectivity index (χ4n) is 1.37. The first-order valence-electron chi connectivity index (χ1n) is 5.66. The summed E-state index contributed by atoms with van der Waals surface area (Å²) in [5.74, 6) is 0.996. The van der Waals surface area contributed by atoms with Gasteiger partial charge in [0.25, 0.3) is 5.56 Å². The molecule has 0 aromatic carbocycles. The van der Waals surface area contributed by atoms with Gasteiger partial charge >= 0.3 is 0 Å². The lowest BCUT2D eigenvalue weighted by Crippen LogP contribution is -2.21. The lowest BCUT2D eigenvalue weighted by atomic mass is 10.4. The number of hydrogen-bond acceptors (Lipinski definition) is 6. The van der Waals surface area contributed by atoms with E-state index in [9.17, 15) is 4.79 Å². The van der Waals surface area contributed by atoms with E-state index in [0.717, 1.165) is 28.7 Å². The van der Waals surface area contributed by atoms with Crippen molar-refractivity contribution in [1.29, 1.82) is 0 Å². The van der Waals surface area contributed by atoms with Gasteiger partial charge in [-0.1, -0.05) is 11.8 Å². The summed E-state index contributed by atoms with van der Waals surface area (Å²) in [7, 11) is 1.63. The highest BCUT2D eigenvalue weighted by molar-refractivity contribution is 9.10. The van der Waals surface area contributed by atoms with Crippen LogP contribution in [-0.4, -0.2) is 27.1 Å². The van der Waals surface area contributed by atoms with Gasteiger partial charge in [0.15, 0.2) is 0 Å². The quantitative estimate of drug-likeness (QED) is 0.633. The SMILES string of the molecule is Cn1ncc(NCCCSc2nccs2)c(Br)c1=O. The van der Waals surface area contributed by atoms with Crippen molar-refractivity contribution in [3.63, 3.8) is 0 Å². The molecule has 2 aromatic heterocycles.